The maximum Gasteiger partial charge on any atom is 0.322 e. The summed E-state index contributed by atoms with van der Waals surface area (Å²) in [5, 5.41) is 9.08. The summed E-state index contributed by atoms with van der Waals surface area (Å²) in [6.45, 7) is 2.43. The molecule has 0 saturated carbocycles. The molecular weight excluding hydrogens is 352 g/mol. The third-order valence-corrected chi connectivity index (χ3v) is 3.61. The Hall–Kier alpha value is -3.07. The fourth-order valence-corrected chi connectivity index (χ4v) is 2.34. The molecule has 1 aromatic heterocycles. The fraction of sp³-hybridized carbons (Fsp3) is 0.389. The van der Waals surface area contributed by atoms with Crippen LogP contribution in [-0.2, 0) is 9.53 Å². The lowest BCUT2D eigenvalue weighted by Gasteiger charge is -2.22. The molecule has 0 unspecified atom stereocenters. The second-order valence-electron chi connectivity index (χ2n) is 5.80. The summed E-state index contributed by atoms with van der Waals surface area (Å²) in [5.74, 6) is 1.14. The van der Waals surface area contributed by atoms with Crippen molar-refractivity contribution in [2.24, 2.45) is 0 Å². The van der Waals surface area contributed by atoms with Crippen molar-refractivity contribution in [3.05, 3.63) is 36.1 Å². The van der Waals surface area contributed by atoms with Crippen LogP contribution in [0.4, 0.5) is 16.3 Å². The van der Waals surface area contributed by atoms with E-state index in [9.17, 15) is 9.59 Å². The predicted octanol–water partition coefficient (Wildman–Crippen LogP) is 2.50. The minimum absolute atomic E-state index is 0.134. The summed E-state index contributed by atoms with van der Waals surface area (Å²) in [7, 11) is 3.13. The summed E-state index contributed by atoms with van der Waals surface area (Å²) >= 11 is 0. The molecule has 9 nitrogen and oxygen atoms in total. The molecule has 1 heterocycles. The van der Waals surface area contributed by atoms with Crippen molar-refractivity contribution >= 4 is 23.4 Å². The van der Waals surface area contributed by atoms with Crippen molar-refractivity contribution in [2.45, 2.75) is 13.3 Å². The van der Waals surface area contributed by atoms with E-state index in [0.29, 0.717) is 42.6 Å². The maximum absolute atomic E-state index is 12.6. The lowest BCUT2D eigenvalue weighted by molar-refractivity contribution is -0.116. The summed E-state index contributed by atoms with van der Waals surface area (Å²) in [5.41, 5.74) is 0.573. The first kappa shape index (κ1) is 20.2. The van der Waals surface area contributed by atoms with Crippen LogP contribution in [0.1, 0.15) is 12.2 Å². The number of ether oxygens (including phenoxy) is 2. The van der Waals surface area contributed by atoms with Gasteiger partial charge in [0, 0.05) is 38.1 Å². The fourth-order valence-electron chi connectivity index (χ4n) is 2.34. The summed E-state index contributed by atoms with van der Waals surface area (Å²) in [4.78, 5) is 26.3. The first-order chi connectivity index (χ1) is 13.0. The number of amides is 3. The third-order valence-electron chi connectivity index (χ3n) is 3.61. The maximum atomic E-state index is 12.6. The van der Waals surface area contributed by atoms with Gasteiger partial charge in [-0.25, -0.2) is 4.79 Å². The van der Waals surface area contributed by atoms with E-state index in [1.54, 1.807) is 51.5 Å². The number of hydrogen-bond acceptors (Lipinski definition) is 6. The number of rotatable bonds is 9. The molecule has 2 rings (SSSR count). The molecule has 9 heteroatoms. The lowest BCUT2D eigenvalue weighted by Crippen LogP contribution is -2.41. The van der Waals surface area contributed by atoms with Crippen LogP contribution >= 0.6 is 0 Å². The van der Waals surface area contributed by atoms with Gasteiger partial charge in [0.05, 0.1) is 7.11 Å². The van der Waals surface area contributed by atoms with Gasteiger partial charge in [0.25, 0.3) is 0 Å². The predicted molar refractivity (Wildman–Crippen MR) is 99.9 cm³/mol. The van der Waals surface area contributed by atoms with E-state index in [1.807, 2.05) is 0 Å². The molecule has 0 aliphatic carbocycles. The molecule has 2 aromatic rings. The topological polar surface area (TPSA) is 106 Å². The lowest BCUT2D eigenvalue weighted by atomic mass is 10.3. The summed E-state index contributed by atoms with van der Waals surface area (Å²) in [6, 6.07) is 8.19. The number of carbonyl (C=O) groups excluding carboxylic acids is 2. The van der Waals surface area contributed by atoms with Crippen LogP contribution in [0.25, 0.3) is 0 Å². The van der Waals surface area contributed by atoms with Crippen molar-refractivity contribution in [1.82, 2.24) is 10.1 Å². The smallest absolute Gasteiger partial charge is 0.322 e. The third kappa shape index (κ3) is 6.63. The van der Waals surface area contributed by atoms with Gasteiger partial charge in [-0.3, -0.25) is 4.79 Å². The zero-order valence-electron chi connectivity index (χ0n) is 15.7. The molecule has 27 heavy (non-hydrogen) atoms. The van der Waals surface area contributed by atoms with E-state index in [1.165, 1.54) is 4.90 Å². The van der Waals surface area contributed by atoms with Crippen molar-refractivity contribution in [3.8, 4) is 5.75 Å². The number of aryl methyl sites for hydroxylation is 1. The Kier molecular flexibility index (Phi) is 7.63. The highest BCUT2D eigenvalue weighted by Gasteiger charge is 2.18. The molecule has 0 radical (unpaired) electrons. The zero-order valence-corrected chi connectivity index (χ0v) is 15.7. The van der Waals surface area contributed by atoms with Crippen LogP contribution in [0.3, 0.4) is 0 Å². The van der Waals surface area contributed by atoms with Gasteiger partial charge < -0.3 is 29.5 Å². The molecule has 1 aromatic carbocycles. The monoisotopic (exact) mass is 376 g/mol. The number of carbonyl (C=O) groups is 2. The molecule has 0 bridgehead atoms. The SMILES string of the molecule is COCCCN(CC(=O)Nc1cc(C)on1)C(=O)Nc1cccc(OC)c1. The number of urea groups is 1. The molecular formula is C18H24N4O5. The van der Waals surface area contributed by atoms with Gasteiger partial charge in [0.2, 0.25) is 5.91 Å². The highest BCUT2D eigenvalue weighted by atomic mass is 16.5. The van der Waals surface area contributed by atoms with Gasteiger partial charge in [0.15, 0.2) is 5.82 Å². The van der Waals surface area contributed by atoms with Crippen molar-refractivity contribution in [1.29, 1.82) is 0 Å². The standard InChI is InChI=1S/C18H24N4O5/c1-13-10-16(21-27-13)20-17(23)12-22(8-5-9-25-2)18(24)19-14-6-4-7-15(11-14)26-3/h4,6-7,10-11H,5,8-9,12H2,1-3H3,(H,19,24)(H,20,21,23). The van der Waals surface area contributed by atoms with E-state index in [2.05, 4.69) is 15.8 Å². The quantitative estimate of drug-likeness (QED) is 0.652. The average molecular weight is 376 g/mol. The largest absolute Gasteiger partial charge is 0.497 e. The Balaban J connectivity index is 2.00. The normalized spacial score (nSPS) is 10.3. The van der Waals surface area contributed by atoms with Crippen molar-refractivity contribution < 1.29 is 23.6 Å². The molecule has 0 atom stereocenters. The minimum Gasteiger partial charge on any atom is -0.497 e. The van der Waals surface area contributed by atoms with Crippen LogP contribution in [0.5, 0.6) is 5.75 Å². The zero-order chi connectivity index (χ0) is 19.6. The average Bonchev–Trinajstić information content (AvgIpc) is 3.05. The van der Waals surface area contributed by atoms with Crippen LogP contribution in [-0.4, -0.2) is 55.9 Å². The van der Waals surface area contributed by atoms with E-state index < -0.39 is 6.03 Å². The molecule has 0 fully saturated rings. The van der Waals surface area contributed by atoms with E-state index in [-0.39, 0.29) is 12.5 Å². The second-order valence-corrected chi connectivity index (χ2v) is 5.80. The molecule has 0 saturated heterocycles. The van der Waals surface area contributed by atoms with E-state index in [4.69, 9.17) is 14.0 Å². The van der Waals surface area contributed by atoms with Gasteiger partial charge in [-0.2, -0.15) is 0 Å². The molecule has 0 spiro atoms. The van der Waals surface area contributed by atoms with Crippen LogP contribution in [0.15, 0.2) is 34.9 Å². The number of anilines is 2. The summed E-state index contributed by atoms with van der Waals surface area (Å²) < 4.78 is 15.1. The highest BCUT2D eigenvalue weighted by molar-refractivity contribution is 5.96. The first-order valence-electron chi connectivity index (χ1n) is 8.44. The van der Waals surface area contributed by atoms with Gasteiger partial charge in [-0.1, -0.05) is 11.2 Å². The number of benzene rings is 1. The van der Waals surface area contributed by atoms with Crippen LogP contribution < -0.4 is 15.4 Å². The van der Waals surface area contributed by atoms with Gasteiger partial charge in [-0.15, -0.1) is 0 Å². The molecule has 0 aliphatic heterocycles. The minimum atomic E-state index is -0.397. The van der Waals surface area contributed by atoms with Gasteiger partial charge in [-0.05, 0) is 25.5 Å². The van der Waals surface area contributed by atoms with Crippen LogP contribution in [0, 0.1) is 6.92 Å². The highest BCUT2D eigenvalue weighted by Crippen LogP contribution is 2.17. The Morgan fingerprint density at radius 3 is 2.70 bits per heavy atom. The van der Waals surface area contributed by atoms with Crippen LogP contribution in [0.2, 0.25) is 0 Å². The Labute approximate surface area is 157 Å². The molecule has 0 aliphatic rings. The molecule has 3 amide bonds. The molecule has 2 N–H and O–H groups in total. The molecule has 146 valence electrons. The van der Waals surface area contributed by atoms with Crippen molar-refractivity contribution in [3.63, 3.8) is 0 Å². The number of nitrogens with zero attached hydrogens (tertiary/aromatic N) is 2. The Bertz CT molecular complexity index is 762. The number of aromatic nitrogens is 1. The first-order valence-corrected chi connectivity index (χ1v) is 8.44. The Morgan fingerprint density at radius 1 is 1.22 bits per heavy atom. The van der Waals surface area contributed by atoms with Gasteiger partial charge >= 0.3 is 6.03 Å². The number of hydrogen-bond donors (Lipinski definition) is 2. The van der Waals surface area contributed by atoms with E-state index >= 15 is 0 Å². The number of nitrogens with one attached hydrogen (secondary N) is 2. The second kappa shape index (κ2) is 10.2. The van der Waals surface area contributed by atoms with Gasteiger partial charge in [0.1, 0.15) is 18.1 Å². The van der Waals surface area contributed by atoms with E-state index in [0.717, 1.165) is 0 Å². The number of methoxy groups -OCH3 is 2. The summed E-state index contributed by atoms with van der Waals surface area (Å²) in [6.07, 6.45) is 0.596. The van der Waals surface area contributed by atoms with Crippen molar-refractivity contribution in [2.75, 3.05) is 44.5 Å². The Morgan fingerprint density at radius 2 is 2.04 bits per heavy atom.